The van der Waals surface area contributed by atoms with Crippen LogP contribution >= 0.6 is 15.9 Å². The first kappa shape index (κ1) is 17.8. The number of rotatable bonds is 3. The molecule has 1 atom stereocenters. The topological polar surface area (TPSA) is 59.2 Å². The molecular formula is C19H14BrF2N3O2. The maximum Gasteiger partial charge on any atom is 0.232 e. The van der Waals surface area contributed by atoms with Crippen LogP contribution < -0.4 is 4.90 Å². The number of aryl methyl sites for hydroxylation is 1. The maximum absolute atomic E-state index is 13.5. The molecule has 5 nitrogen and oxygen atoms in total. The van der Waals surface area contributed by atoms with Crippen molar-refractivity contribution in [2.45, 2.75) is 19.3 Å². The van der Waals surface area contributed by atoms with Crippen LogP contribution in [-0.2, 0) is 4.79 Å². The van der Waals surface area contributed by atoms with Gasteiger partial charge in [-0.05, 0) is 64.8 Å². The summed E-state index contributed by atoms with van der Waals surface area (Å²) in [6.45, 7) is 2.03. The standard InChI is InChI=1S/C19H14BrF2N3O2/c1-10-6-13(3-5-15(10)21)25-9-12(8-17(25)26)19-23-18(24-27-19)11-2-4-16(22)14(20)7-11/h2-7,12H,8-9H2,1H3. The number of amides is 1. The van der Waals surface area contributed by atoms with Crippen molar-refractivity contribution in [3.05, 3.63) is 64.0 Å². The second-order valence-electron chi connectivity index (χ2n) is 6.42. The van der Waals surface area contributed by atoms with Crippen molar-refractivity contribution < 1.29 is 18.1 Å². The van der Waals surface area contributed by atoms with Gasteiger partial charge < -0.3 is 9.42 Å². The zero-order valence-electron chi connectivity index (χ0n) is 14.2. The number of aromatic nitrogens is 2. The van der Waals surface area contributed by atoms with E-state index >= 15 is 0 Å². The Morgan fingerprint density at radius 3 is 2.70 bits per heavy atom. The van der Waals surface area contributed by atoms with Gasteiger partial charge in [-0.3, -0.25) is 4.79 Å². The van der Waals surface area contributed by atoms with E-state index in [-0.39, 0.29) is 29.9 Å². The van der Waals surface area contributed by atoms with E-state index in [0.717, 1.165) is 0 Å². The third-order valence-corrected chi connectivity index (χ3v) is 5.15. The molecule has 0 N–H and O–H groups in total. The van der Waals surface area contributed by atoms with E-state index in [1.165, 1.54) is 12.1 Å². The largest absolute Gasteiger partial charge is 0.339 e. The van der Waals surface area contributed by atoms with Crippen molar-refractivity contribution >= 4 is 27.5 Å². The normalized spacial score (nSPS) is 17.0. The Morgan fingerprint density at radius 2 is 1.96 bits per heavy atom. The Labute approximate surface area is 162 Å². The summed E-state index contributed by atoms with van der Waals surface area (Å²) in [7, 11) is 0. The molecule has 2 heterocycles. The molecule has 1 aliphatic heterocycles. The molecule has 138 valence electrons. The molecule has 8 heteroatoms. The van der Waals surface area contributed by atoms with Crippen LogP contribution in [0.25, 0.3) is 11.4 Å². The van der Waals surface area contributed by atoms with Gasteiger partial charge in [-0.25, -0.2) is 8.78 Å². The van der Waals surface area contributed by atoms with Crippen LogP contribution in [0.5, 0.6) is 0 Å². The SMILES string of the molecule is Cc1cc(N2CC(c3nc(-c4ccc(F)c(Br)c4)no3)CC2=O)ccc1F. The summed E-state index contributed by atoms with van der Waals surface area (Å²) < 4.78 is 32.5. The summed E-state index contributed by atoms with van der Waals surface area (Å²) in [6, 6.07) is 9.01. The molecule has 1 saturated heterocycles. The molecule has 1 aliphatic rings. The van der Waals surface area contributed by atoms with Crippen LogP contribution in [0.4, 0.5) is 14.5 Å². The van der Waals surface area contributed by atoms with Gasteiger partial charge in [-0.2, -0.15) is 4.98 Å². The predicted octanol–water partition coefficient (Wildman–Crippen LogP) is 4.61. The van der Waals surface area contributed by atoms with Gasteiger partial charge in [0, 0.05) is 24.2 Å². The van der Waals surface area contributed by atoms with Crippen LogP contribution in [0.2, 0.25) is 0 Å². The van der Waals surface area contributed by atoms with Crippen LogP contribution in [0.15, 0.2) is 45.4 Å². The van der Waals surface area contributed by atoms with E-state index in [1.54, 1.807) is 36.1 Å². The van der Waals surface area contributed by atoms with Crippen LogP contribution in [0, 0.1) is 18.6 Å². The summed E-state index contributed by atoms with van der Waals surface area (Å²) >= 11 is 3.13. The highest BCUT2D eigenvalue weighted by atomic mass is 79.9. The van der Waals surface area contributed by atoms with Gasteiger partial charge in [-0.15, -0.1) is 0 Å². The highest BCUT2D eigenvalue weighted by Gasteiger charge is 2.35. The molecule has 0 saturated carbocycles. The summed E-state index contributed by atoms with van der Waals surface area (Å²) in [5, 5.41) is 3.94. The number of benzene rings is 2. The Balaban J connectivity index is 1.56. The lowest BCUT2D eigenvalue weighted by molar-refractivity contribution is -0.117. The highest BCUT2D eigenvalue weighted by Crippen LogP contribution is 2.33. The fraction of sp³-hybridized carbons (Fsp3) is 0.211. The molecule has 0 spiro atoms. The van der Waals surface area contributed by atoms with Gasteiger partial charge in [0.1, 0.15) is 11.6 Å². The van der Waals surface area contributed by atoms with Gasteiger partial charge >= 0.3 is 0 Å². The Hall–Kier alpha value is -2.61. The average Bonchev–Trinajstić information content (AvgIpc) is 3.27. The second-order valence-corrected chi connectivity index (χ2v) is 7.28. The summed E-state index contributed by atoms with van der Waals surface area (Å²) in [5.74, 6) is -0.360. The molecule has 2 aromatic carbocycles. The van der Waals surface area contributed by atoms with Crippen molar-refractivity contribution in [1.29, 1.82) is 0 Å². The second kappa shape index (κ2) is 6.84. The average molecular weight is 434 g/mol. The van der Waals surface area contributed by atoms with Crippen LogP contribution in [0.3, 0.4) is 0 Å². The number of halogens is 3. The molecule has 0 radical (unpaired) electrons. The van der Waals surface area contributed by atoms with E-state index in [2.05, 4.69) is 26.1 Å². The number of carbonyl (C=O) groups excluding carboxylic acids is 1. The molecule has 0 bridgehead atoms. The Kier molecular flexibility index (Phi) is 4.51. The minimum absolute atomic E-state index is 0.0877. The molecule has 3 aromatic rings. The smallest absolute Gasteiger partial charge is 0.232 e. The van der Waals surface area contributed by atoms with Crippen molar-refractivity contribution in [1.82, 2.24) is 10.1 Å². The quantitative estimate of drug-likeness (QED) is 0.605. The third-order valence-electron chi connectivity index (χ3n) is 4.55. The molecule has 4 rings (SSSR count). The Morgan fingerprint density at radius 1 is 1.19 bits per heavy atom. The molecule has 0 aliphatic carbocycles. The minimum Gasteiger partial charge on any atom is -0.339 e. The van der Waals surface area contributed by atoms with E-state index in [9.17, 15) is 13.6 Å². The number of hydrogen-bond donors (Lipinski definition) is 0. The van der Waals surface area contributed by atoms with Crippen molar-refractivity contribution in [3.63, 3.8) is 0 Å². The molecule has 27 heavy (non-hydrogen) atoms. The monoisotopic (exact) mass is 433 g/mol. The van der Waals surface area contributed by atoms with Gasteiger partial charge in [-0.1, -0.05) is 5.16 Å². The lowest BCUT2D eigenvalue weighted by atomic mass is 10.1. The third kappa shape index (κ3) is 3.37. The van der Waals surface area contributed by atoms with Gasteiger partial charge in [0.15, 0.2) is 0 Å². The number of carbonyl (C=O) groups is 1. The minimum atomic E-state index is -0.380. The highest BCUT2D eigenvalue weighted by molar-refractivity contribution is 9.10. The first-order valence-corrected chi connectivity index (χ1v) is 9.07. The lowest BCUT2D eigenvalue weighted by Gasteiger charge is -2.16. The predicted molar refractivity (Wildman–Crippen MR) is 98.2 cm³/mol. The zero-order valence-corrected chi connectivity index (χ0v) is 15.8. The molecule has 1 aromatic heterocycles. The van der Waals surface area contributed by atoms with E-state index in [4.69, 9.17) is 4.52 Å². The summed E-state index contributed by atoms with van der Waals surface area (Å²) in [5.41, 5.74) is 1.72. The van der Waals surface area contributed by atoms with Gasteiger partial charge in [0.2, 0.25) is 17.6 Å². The van der Waals surface area contributed by atoms with Crippen LogP contribution in [0.1, 0.15) is 23.8 Å². The van der Waals surface area contributed by atoms with E-state index < -0.39 is 0 Å². The molecular weight excluding hydrogens is 420 g/mol. The molecule has 1 amide bonds. The van der Waals surface area contributed by atoms with E-state index in [1.807, 2.05) is 0 Å². The van der Waals surface area contributed by atoms with E-state index in [0.29, 0.717) is 39.5 Å². The first-order valence-electron chi connectivity index (χ1n) is 8.28. The number of nitrogens with zero attached hydrogens (tertiary/aromatic N) is 3. The maximum atomic E-state index is 13.5. The van der Waals surface area contributed by atoms with Crippen LogP contribution in [-0.4, -0.2) is 22.6 Å². The number of hydrogen-bond acceptors (Lipinski definition) is 4. The lowest BCUT2D eigenvalue weighted by Crippen LogP contribution is -2.24. The zero-order chi connectivity index (χ0) is 19.1. The van der Waals surface area contributed by atoms with Crippen molar-refractivity contribution in [2.75, 3.05) is 11.4 Å². The fourth-order valence-electron chi connectivity index (χ4n) is 3.07. The first-order chi connectivity index (χ1) is 12.9. The Bertz CT molecular complexity index is 1040. The fourth-order valence-corrected chi connectivity index (χ4v) is 3.45. The molecule has 1 fully saturated rings. The van der Waals surface area contributed by atoms with Crippen molar-refractivity contribution in [2.24, 2.45) is 0 Å². The summed E-state index contributed by atoms with van der Waals surface area (Å²) in [4.78, 5) is 18.4. The van der Waals surface area contributed by atoms with Gasteiger partial charge in [0.05, 0.1) is 10.4 Å². The summed E-state index contributed by atoms with van der Waals surface area (Å²) in [6.07, 6.45) is 0.227. The van der Waals surface area contributed by atoms with Gasteiger partial charge in [0.25, 0.3) is 0 Å². The number of anilines is 1. The van der Waals surface area contributed by atoms with Crippen molar-refractivity contribution in [3.8, 4) is 11.4 Å². The molecule has 1 unspecified atom stereocenters.